The summed E-state index contributed by atoms with van der Waals surface area (Å²) in [5.74, 6) is 0.999. The molecule has 0 spiro atoms. The van der Waals surface area contributed by atoms with E-state index in [1.807, 2.05) is 6.07 Å². The van der Waals surface area contributed by atoms with Gasteiger partial charge in [0.2, 0.25) is 5.91 Å². The van der Waals surface area contributed by atoms with Crippen LogP contribution in [-0.4, -0.2) is 19.0 Å². The van der Waals surface area contributed by atoms with Crippen molar-refractivity contribution in [2.24, 2.45) is 17.6 Å². The molecule has 1 rings (SSSR count). The molecule has 0 aliphatic rings. The fourth-order valence-corrected chi connectivity index (χ4v) is 2.38. The summed E-state index contributed by atoms with van der Waals surface area (Å²) in [5.41, 5.74) is 7.00. The molecule has 0 bridgehead atoms. The topological polar surface area (TPSA) is 55.1 Å². The van der Waals surface area contributed by atoms with Crippen LogP contribution in [0.3, 0.4) is 0 Å². The Balaban J connectivity index is 2.34. The van der Waals surface area contributed by atoms with E-state index in [-0.39, 0.29) is 11.8 Å². The normalized spacial score (nSPS) is 14.1. The number of nitrogens with one attached hydrogen (secondary N) is 1. The summed E-state index contributed by atoms with van der Waals surface area (Å²) >= 11 is 0. The summed E-state index contributed by atoms with van der Waals surface area (Å²) in [6.07, 6.45) is 1.81. The minimum Gasteiger partial charge on any atom is -0.356 e. The lowest BCUT2D eigenvalue weighted by Gasteiger charge is -2.18. The second-order valence-electron chi connectivity index (χ2n) is 5.95. The van der Waals surface area contributed by atoms with E-state index in [0.717, 1.165) is 12.8 Å². The first-order chi connectivity index (χ1) is 9.54. The molecule has 2 unspecified atom stereocenters. The number of hydrogen-bond acceptors (Lipinski definition) is 2. The number of rotatable bonds is 8. The lowest BCUT2D eigenvalue weighted by Crippen LogP contribution is -2.36. The molecule has 2 atom stereocenters. The molecule has 1 aromatic carbocycles. The quantitative estimate of drug-likeness (QED) is 0.767. The van der Waals surface area contributed by atoms with Gasteiger partial charge in [-0.1, -0.05) is 51.1 Å². The Kier molecular flexibility index (Phi) is 7.31. The van der Waals surface area contributed by atoms with Gasteiger partial charge in [-0.2, -0.15) is 0 Å². The van der Waals surface area contributed by atoms with Crippen LogP contribution in [0.25, 0.3) is 0 Å². The van der Waals surface area contributed by atoms with Gasteiger partial charge < -0.3 is 11.1 Å². The summed E-state index contributed by atoms with van der Waals surface area (Å²) in [4.78, 5) is 12.0. The molecular weight excluding hydrogens is 248 g/mol. The molecule has 0 radical (unpaired) electrons. The molecule has 0 fully saturated rings. The second-order valence-corrected chi connectivity index (χ2v) is 5.95. The third-order valence-corrected chi connectivity index (χ3v) is 3.66. The molecule has 20 heavy (non-hydrogen) atoms. The summed E-state index contributed by atoms with van der Waals surface area (Å²) < 4.78 is 0. The summed E-state index contributed by atoms with van der Waals surface area (Å²) in [5, 5.41) is 3.02. The van der Waals surface area contributed by atoms with Gasteiger partial charge in [0.15, 0.2) is 0 Å². The Morgan fingerprint density at radius 3 is 2.40 bits per heavy atom. The first kappa shape index (κ1) is 16.7. The van der Waals surface area contributed by atoms with E-state index in [2.05, 4.69) is 50.4 Å². The van der Waals surface area contributed by atoms with Gasteiger partial charge in [0.25, 0.3) is 0 Å². The van der Waals surface area contributed by atoms with Gasteiger partial charge >= 0.3 is 0 Å². The zero-order valence-electron chi connectivity index (χ0n) is 12.9. The minimum atomic E-state index is -0.0537. The second kappa shape index (κ2) is 8.75. The SMILES string of the molecule is CC(C)CC(CN)C(=O)NCCC(C)c1ccccc1. The maximum Gasteiger partial charge on any atom is 0.224 e. The Bertz CT molecular complexity index is 389. The zero-order valence-corrected chi connectivity index (χ0v) is 12.9. The average molecular weight is 276 g/mol. The minimum absolute atomic E-state index is 0.0537. The van der Waals surface area contributed by atoms with Gasteiger partial charge in [0, 0.05) is 13.1 Å². The van der Waals surface area contributed by atoms with E-state index >= 15 is 0 Å². The molecule has 0 aliphatic heterocycles. The fraction of sp³-hybridized carbons (Fsp3) is 0.588. The first-order valence-corrected chi connectivity index (χ1v) is 7.57. The Morgan fingerprint density at radius 2 is 1.85 bits per heavy atom. The van der Waals surface area contributed by atoms with Crippen molar-refractivity contribution < 1.29 is 4.79 Å². The number of amides is 1. The Morgan fingerprint density at radius 1 is 1.20 bits per heavy atom. The van der Waals surface area contributed by atoms with Crippen molar-refractivity contribution in [3.63, 3.8) is 0 Å². The summed E-state index contributed by atoms with van der Waals surface area (Å²) in [6, 6.07) is 10.4. The highest BCUT2D eigenvalue weighted by Gasteiger charge is 2.17. The van der Waals surface area contributed by atoms with E-state index in [9.17, 15) is 4.79 Å². The van der Waals surface area contributed by atoms with Crippen LogP contribution in [-0.2, 0) is 4.79 Å². The smallest absolute Gasteiger partial charge is 0.224 e. The molecule has 112 valence electrons. The molecule has 3 heteroatoms. The lowest BCUT2D eigenvalue weighted by molar-refractivity contribution is -0.125. The molecule has 3 N–H and O–H groups in total. The van der Waals surface area contributed by atoms with Crippen LogP contribution in [0, 0.1) is 11.8 Å². The van der Waals surface area contributed by atoms with E-state index < -0.39 is 0 Å². The van der Waals surface area contributed by atoms with Gasteiger partial charge in [0.1, 0.15) is 0 Å². The lowest BCUT2D eigenvalue weighted by atomic mass is 9.95. The number of nitrogens with two attached hydrogens (primary N) is 1. The first-order valence-electron chi connectivity index (χ1n) is 7.57. The van der Waals surface area contributed by atoms with Crippen LogP contribution < -0.4 is 11.1 Å². The van der Waals surface area contributed by atoms with Crippen LogP contribution >= 0.6 is 0 Å². The molecule has 0 heterocycles. The van der Waals surface area contributed by atoms with Gasteiger partial charge in [-0.15, -0.1) is 0 Å². The third kappa shape index (κ3) is 5.74. The highest BCUT2D eigenvalue weighted by atomic mass is 16.1. The predicted octanol–water partition coefficient (Wildman–Crippen LogP) is 2.92. The van der Waals surface area contributed by atoms with Gasteiger partial charge in [-0.25, -0.2) is 0 Å². The Hall–Kier alpha value is -1.35. The molecule has 0 saturated carbocycles. The van der Waals surface area contributed by atoms with Crippen molar-refractivity contribution in [3.8, 4) is 0 Å². The van der Waals surface area contributed by atoms with Crippen molar-refractivity contribution in [1.82, 2.24) is 5.32 Å². The van der Waals surface area contributed by atoms with Crippen molar-refractivity contribution in [3.05, 3.63) is 35.9 Å². The van der Waals surface area contributed by atoms with Crippen LogP contribution in [0.15, 0.2) is 30.3 Å². The number of carbonyl (C=O) groups is 1. The zero-order chi connectivity index (χ0) is 15.0. The van der Waals surface area contributed by atoms with Gasteiger partial charge in [0.05, 0.1) is 5.92 Å². The van der Waals surface area contributed by atoms with Crippen molar-refractivity contribution in [2.75, 3.05) is 13.1 Å². The molecule has 3 nitrogen and oxygen atoms in total. The molecule has 1 amide bonds. The molecule has 0 saturated heterocycles. The van der Waals surface area contributed by atoms with Crippen LogP contribution in [0.2, 0.25) is 0 Å². The molecule has 0 aromatic heterocycles. The van der Waals surface area contributed by atoms with E-state index in [1.165, 1.54) is 5.56 Å². The van der Waals surface area contributed by atoms with Crippen molar-refractivity contribution in [2.45, 2.75) is 39.5 Å². The van der Waals surface area contributed by atoms with Crippen molar-refractivity contribution >= 4 is 5.91 Å². The van der Waals surface area contributed by atoms with E-state index in [1.54, 1.807) is 0 Å². The molecular formula is C17H28N2O. The standard InChI is InChI=1S/C17H28N2O/c1-13(2)11-16(12-18)17(20)19-10-9-14(3)15-7-5-4-6-8-15/h4-8,13-14,16H,9-12,18H2,1-3H3,(H,19,20). The van der Waals surface area contributed by atoms with Gasteiger partial charge in [-0.05, 0) is 30.2 Å². The largest absolute Gasteiger partial charge is 0.356 e. The number of carbonyl (C=O) groups excluding carboxylic acids is 1. The Labute approximate surface area is 122 Å². The van der Waals surface area contributed by atoms with Gasteiger partial charge in [-0.3, -0.25) is 4.79 Å². The summed E-state index contributed by atoms with van der Waals surface area (Å²) in [7, 11) is 0. The third-order valence-electron chi connectivity index (χ3n) is 3.66. The van der Waals surface area contributed by atoms with Crippen LogP contribution in [0.4, 0.5) is 0 Å². The fourth-order valence-electron chi connectivity index (χ4n) is 2.38. The monoisotopic (exact) mass is 276 g/mol. The maximum absolute atomic E-state index is 12.0. The molecule has 1 aromatic rings. The predicted molar refractivity (Wildman–Crippen MR) is 84.5 cm³/mol. The summed E-state index contributed by atoms with van der Waals surface area (Å²) in [6.45, 7) is 7.57. The highest BCUT2D eigenvalue weighted by Crippen LogP contribution is 2.17. The average Bonchev–Trinajstić information content (AvgIpc) is 2.45. The maximum atomic E-state index is 12.0. The number of benzene rings is 1. The highest BCUT2D eigenvalue weighted by molar-refractivity contribution is 5.78. The van der Waals surface area contributed by atoms with E-state index in [4.69, 9.17) is 5.73 Å². The number of hydrogen-bond donors (Lipinski definition) is 2. The van der Waals surface area contributed by atoms with Crippen LogP contribution in [0.5, 0.6) is 0 Å². The molecule has 0 aliphatic carbocycles. The van der Waals surface area contributed by atoms with E-state index in [0.29, 0.717) is 24.9 Å². The van der Waals surface area contributed by atoms with Crippen molar-refractivity contribution in [1.29, 1.82) is 0 Å². The van der Waals surface area contributed by atoms with Crippen LogP contribution in [0.1, 0.15) is 45.1 Å².